The van der Waals surface area contributed by atoms with E-state index < -0.39 is 0 Å². The number of hydrogen-bond donors (Lipinski definition) is 2. The molecule has 0 aliphatic rings. The van der Waals surface area contributed by atoms with Crippen LogP contribution in [-0.4, -0.2) is 10.5 Å². The summed E-state index contributed by atoms with van der Waals surface area (Å²) < 4.78 is 0. The summed E-state index contributed by atoms with van der Waals surface area (Å²) >= 11 is 9.44. The molecule has 0 fully saturated rings. The SMILES string of the molecule is CCCCCCCCCCC(S)CCCCCCC.CCCCCCCCCCCC(S)CCCCCC. The quantitative estimate of drug-likeness (QED) is 0.0620. The van der Waals surface area contributed by atoms with E-state index >= 15 is 0 Å². The highest BCUT2D eigenvalue weighted by atomic mass is 32.1. The molecule has 2 atom stereocenters. The monoisotopic (exact) mass is 573 g/mol. The van der Waals surface area contributed by atoms with Crippen LogP contribution in [0.15, 0.2) is 0 Å². The molecule has 2 unspecified atom stereocenters. The largest absolute Gasteiger partial charge is 0.176 e. The topological polar surface area (TPSA) is 0 Å². The molecular weight excluding hydrogens is 497 g/mol. The van der Waals surface area contributed by atoms with Crippen molar-refractivity contribution in [1.82, 2.24) is 0 Å². The van der Waals surface area contributed by atoms with Crippen molar-refractivity contribution >= 4 is 25.3 Å². The van der Waals surface area contributed by atoms with Crippen LogP contribution < -0.4 is 0 Å². The Labute approximate surface area is 255 Å². The minimum absolute atomic E-state index is 0.668. The Kier molecular flexibility index (Phi) is 40.5. The zero-order valence-electron chi connectivity index (χ0n) is 27.3. The molecule has 0 N–H and O–H groups in total. The molecule has 0 rings (SSSR count). The third kappa shape index (κ3) is 38.8. The van der Waals surface area contributed by atoms with Crippen molar-refractivity contribution in [2.45, 2.75) is 231 Å². The normalized spacial score (nSPS) is 12.8. The molecule has 0 aliphatic heterocycles. The van der Waals surface area contributed by atoms with Crippen molar-refractivity contribution in [2.75, 3.05) is 0 Å². The fraction of sp³-hybridized carbons (Fsp3) is 1.00. The van der Waals surface area contributed by atoms with Gasteiger partial charge >= 0.3 is 0 Å². The van der Waals surface area contributed by atoms with Crippen LogP contribution in [0, 0.1) is 0 Å². The first-order chi connectivity index (χ1) is 18.6. The highest BCUT2D eigenvalue weighted by Crippen LogP contribution is 2.19. The van der Waals surface area contributed by atoms with Crippen molar-refractivity contribution in [1.29, 1.82) is 0 Å². The molecule has 232 valence electrons. The van der Waals surface area contributed by atoms with E-state index in [0.717, 1.165) is 0 Å². The molecule has 0 spiro atoms. The summed E-state index contributed by atoms with van der Waals surface area (Å²) in [7, 11) is 0. The molecular formula is C36H76S2. The van der Waals surface area contributed by atoms with E-state index in [1.165, 1.54) is 193 Å². The van der Waals surface area contributed by atoms with Gasteiger partial charge in [0.2, 0.25) is 0 Å². The van der Waals surface area contributed by atoms with Crippen molar-refractivity contribution in [3.63, 3.8) is 0 Å². The van der Waals surface area contributed by atoms with E-state index in [1.807, 2.05) is 0 Å². The second-order valence-corrected chi connectivity index (χ2v) is 13.7. The van der Waals surface area contributed by atoms with Crippen molar-refractivity contribution in [3.05, 3.63) is 0 Å². The molecule has 0 aromatic carbocycles. The second kappa shape index (κ2) is 37.7. The summed E-state index contributed by atoms with van der Waals surface area (Å²) in [5.74, 6) is 0. The molecule has 38 heavy (non-hydrogen) atoms. The first kappa shape index (κ1) is 40.8. The molecule has 0 bridgehead atoms. The minimum Gasteiger partial charge on any atom is -0.176 e. The lowest BCUT2D eigenvalue weighted by Crippen LogP contribution is -1.98. The van der Waals surface area contributed by atoms with Crippen LogP contribution in [0.3, 0.4) is 0 Å². The van der Waals surface area contributed by atoms with Gasteiger partial charge in [0.15, 0.2) is 0 Å². The maximum Gasteiger partial charge on any atom is 0.00168 e. The Bertz CT molecular complexity index is 384. The maximum absolute atomic E-state index is 4.73. The van der Waals surface area contributed by atoms with Gasteiger partial charge in [0.05, 0.1) is 0 Å². The first-order valence-corrected chi connectivity index (χ1v) is 19.0. The average molecular weight is 573 g/mol. The van der Waals surface area contributed by atoms with Crippen LogP contribution in [0.1, 0.15) is 220 Å². The Morgan fingerprint density at radius 3 is 0.632 bits per heavy atom. The number of thiol groups is 2. The van der Waals surface area contributed by atoms with E-state index in [4.69, 9.17) is 25.3 Å². The molecule has 0 aliphatic carbocycles. The van der Waals surface area contributed by atoms with E-state index in [1.54, 1.807) is 0 Å². The zero-order chi connectivity index (χ0) is 28.4. The fourth-order valence-electron chi connectivity index (χ4n) is 5.28. The van der Waals surface area contributed by atoms with Crippen molar-refractivity contribution < 1.29 is 0 Å². The van der Waals surface area contributed by atoms with Crippen LogP contribution in [-0.2, 0) is 0 Å². The summed E-state index contributed by atoms with van der Waals surface area (Å²) in [5, 5.41) is 1.34. The third-order valence-corrected chi connectivity index (χ3v) is 9.10. The number of hydrogen-bond acceptors (Lipinski definition) is 2. The van der Waals surface area contributed by atoms with Gasteiger partial charge in [-0.2, -0.15) is 25.3 Å². The van der Waals surface area contributed by atoms with E-state index in [9.17, 15) is 0 Å². The van der Waals surface area contributed by atoms with Gasteiger partial charge < -0.3 is 0 Å². The standard InChI is InChI=1S/2C18H38S/c1-3-5-7-9-10-11-12-13-15-17-18(19)16-14-8-6-4-2;1-3-5-7-9-10-11-13-15-17-18(19)16-14-12-8-6-4-2/h2*18-19H,3-17H2,1-2H3. The molecule has 0 heterocycles. The Hall–Kier alpha value is 0.700. The molecule has 2 heteroatoms. The van der Waals surface area contributed by atoms with Gasteiger partial charge in [0, 0.05) is 10.5 Å². The van der Waals surface area contributed by atoms with Gasteiger partial charge in [0.1, 0.15) is 0 Å². The first-order valence-electron chi connectivity index (χ1n) is 18.0. The van der Waals surface area contributed by atoms with Crippen LogP contribution in [0.4, 0.5) is 0 Å². The zero-order valence-corrected chi connectivity index (χ0v) is 29.1. The van der Waals surface area contributed by atoms with Crippen LogP contribution in [0.2, 0.25) is 0 Å². The second-order valence-electron chi connectivity index (χ2n) is 12.2. The predicted molar refractivity (Wildman–Crippen MR) is 187 cm³/mol. The summed E-state index contributed by atoms with van der Waals surface area (Å²) in [6, 6.07) is 0. The van der Waals surface area contributed by atoms with E-state index in [2.05, 4.69) is 27.7 Å². The lowest BCUT2D eigenvalue weighted by atomic mass is 10.0. The maximum atomic E-state index is 4.73. The van der Waals surface area contributed by atoms with Crippen LogP contribution >= 0.6 is 25.3 Å². The summed E-state index contributed by atoms with van der Waals surface area (Å²) in [4.78, 5) is 0. The van der Waals surface area contributed by atoms with Crippen LogP contribution in [0.5, 0.6) is 0 Å². The number of unbranched alkanes of at least 4 members (excludes halogenated alkanes) is 22. The lowest BCUT2D eigenvalue weighted by molar-refractivity contribution is 0.538. The number of rotatable bonds is 30. The van der Waals surface area contributed by atoms with Crippen molar-refractivity contribution in [2.24, 2.45) is 0 Å². The summed E-state index contributed by atoms with van der Waals surface area (Å²) in [6.07, 6.45) is 42.2. The highest BCUT2D eigenvalue weighted by Gasteiger charge is 2.03. The van der Waals surface area contributed by atoms with Gasteiger partial charge in [-0.15, -0.1) is 0 Å². The molecule has 0 radical (unpaired) electrons. The Balaban J connectivity index is 0. The fourth-order valence-corrected chi connectivity index (χ4v) is 6.01. The smallest absolute Gasteiger partial charge is 0.00168 e. The highest BCUT2D eigenvalue weighted by molar-refractivity contribution is 7.81. The van der Waals surface area contributed by atoms with E-state index in [-0.39, 0.29) is 0 Å². The molecule has 0 aromatic rings. The van der Waals surface area contributed by atoms with Gasteiger partial charge in [-0.1, -0.05) is 195 Å². The molecule has 0 saturated heterocycles. The third-order valence-electron chi connectivity index (χ3n) is 8.06. The predicted octanol–water partition coefficient (Wildman–Crippen LogP) is 14.4. The Morgan fingerprint density at radius 2 is 0.421 bits per heavy atom. The van der Waals surface area contributed by atoms with Gasteiger partial charge in [-0.25, -0.2) is 0 Å². The van der Waals surface area contributed by atoms with Crippen molar-refractivity contribution in [3.8, 4) is 0 Å². The minimum atomic E-state index is 0.668. The molecule has 0 aromatic heterocycles. The molecule has 0 amide bonds. The molecule has 0 saturated carbocycles. The van der Waals surface area contributed by atoms with Gasteiger partial charge in [-0.05, 0) is 25.7 Å². The van der Waals surface area contributed by atoms with E-state index in [0.29, 0.717) is 10.5 Å². The van der Waals surface area contributed by atoms with Crippen LogP contribution in [0.25, 0.3) is 0 Å². The molecule has 0 nitrogen and oxygen atoms in total. The Morgan fingerprint density at radius 1 is 0.263 bits per heavy atom. The summed E-state index contributed by atoms with van der Waals surface area (Å²) in [6.45, 7) is 9.13. The lowest BCUT2D eigenvalue weighted by Gasteiger charge is -2.10. The average Bonchev–Trinajstić information content (AvgIpc) is 2.92. The van der Waals surface area contributed by atoms with Gasteiger partial charge in [0.25, 0.3) is 0 Å². The van der Waals surface area contributed by atoms with Gasteiger partial charge in [-0.3, -0.25) is 0 Å². The summed E-state index contributed by atoms with van der Waals surface area (Å²) in [5.41, 5.74) is 0.